The Kier molecular flexibility index (Phi) is 5.53. The summed E-state index contributed by atoms with van der Waals surface area (Å²) in [7, 11) is 0. The van der Waals surface area contributed by atoms with Crippen LogP contribution in [0.5, 0.6) is 0 Å². The number of ether oxygens (including phenoxy) is 1. The van der Waals surface area contributed by atoms with Crippen LogP contribution < -0.4 is 11.1 Å². The maximum atomic E-state index is 11.2. The number of amides is 3. The van der Waals surface area contributed by atoms with E-state index in [0.29, 0.717) is 26.3 Å². The quantitative estimate of drug-likeness (QED) is 0.567. The molecule has 8 nitrogen and oxygen atoms in total. The SMILES string of the molecule is NC(=O)NC(=O)CCN1CCOCC1CC(=O)O. The second kappa shape index (κ2) is 6.92. The van der Waals surface area contributed by atoms with Crippen LogP contribution in [-0.4, -0.2) is 60.3 Å². The lowest BCUT2D eigenvalue weighted by Crippen LogP contribution is -2.48. The number of carbonyl (C=O) groups excluding carboxylic acids is 2. The van der Waals surface area contributed by atoms with Gasteiger partial charge in [0.1, 0.15) is 0 Å². The van der Waals surface area contributed by atoms with Crippen molar-refractivity contribution in [2.75, 3.05) is 26.3 Å². The van der Waals surface area contributed by atoms with Gasteiger partial charge in [0.15, 0.2) is 0 Å². The predicted molar refractivity (Wildman–Crippen MR) is 60.8 cm³/mol. The van der Waals surface area contributed by atoms with Gasteiger partial charge in [-0.3, -0.25) is 19.8 Å². The number of nitrogens with zero attached hydrogens (tertiary/aromatic N) is 1. The molecule has 3 amide bonds. The number of carboxylic acid groups (broad SMARTS) is 1. The van der Waals surface area contributed by atoms with Crippen molar-refractivity contribution in [2.24, 2.45) is 5.73 Å². The van der Waals surface area contributed by atoms with Gasteiger partial charge in [0, 0.05) is 25.6 Å². The van der Waals surface area contributed by atoms with Gasteiger partial charge in [0.25, 0.3) is 0 Å². The normalized spacial score (nSPS) is 20.3. The predicted octanol–water partition coefficient (Wildman–Crippen LogP) is -1.25. The number of carbonyl (C=O) groups is 3. The van der Waals surface area contributed by atoms with E-state index in [1.54, 1.807) is 0 Å². The molecule has 1 saturated heterocycles. The average Bonchev–Trinajstić information content (AvgIpc) is 2.26. The molecule has 1 aliphatic heterocycles. The lowest BCUT2D eigenvalue weighted by atomic mass is 10.1. The summed E-state index contributed by atoms with van der Waals surface area (Å²) >= 11 is 0. The minimum absolute atomic E-state index is 0.0303. The van der Waals surface area contributed by atoms with Gasteiger partial charge in [-0.05, 0) is 0 Å². The van der Waals surface area contributed by atoms with E-state index in [2.05, 4.69) is 0 Å². The number of morpholine rings is 1. The Morgan fingerprint density at radius 1 is 1.44 bits per heavy atom. The van der Waals surface area contributed by atoms with Gasteiger partial charge in [-0.15, -0.1) is 0 Å². The molecule has 0 aliphatic carbocycles. The van der Waals surface area contributed by atoms with E-state index in [0.717, 1.165) is 0 Å². The highest BCUT2D eigenvalue weighted by Crippen LogP contribution is 2.11. The molecule has 1 aliphatic rings. The third kappa shape index (κ3) is 5.11. The van der Waals surface area contributed by atoms with Crippen LogP contribution in [0.1, 0.15) is 12.8 Å². The molecule has 1 heterocycles. The van der Waals surface area contributed by atoms with Crippen LogP contribution in [0.2, 0.25) is 0 Å². The molecule has 4 N–H and O–H groups in total. The van der Waals surface area contributed by atoms with Crippen molar-refractivity contribution in [2.45, 2.75) is 18.9 Å². The number of nitrogens with two attached hydrogens (primary N) is 1. The highest BCUT2D eigenvalue weighted by atomic mass is 16.5. The van der Waals surface area contributed by atoms with Crippen LogP contribution >= 0.6 is 0 Å². The van der Waals surface area contributed by atoms with Crippen molar-refractivity contribution in [1.29, 1.82) is 0 Å². The third-order valence-electron chi connectivity index (χ3n) is 2.65. The minimum Gasteiger partial charge on any atom is -0.481 e. The molecule has 0 aromatic heterocycles. The fourth-order valence-corrected chi connectivity index (χ4v) is 1.82. The highest BCUT2D eigenvalue weighted by molar-refractivity contribution is 5.93. The summed E-state index contributed by atoms with van der Waals surface area (Å²) in [4.78, 5) is 34.2. The van der Waals surface area contributed by atoms with Crippen molar-refractivity contribution < 1.29 is 24.2 Å². The maximum Gasteiger partial charge on any atom is 0.318 e. The molecule has 1 fully saturated rings. The van der Waals surface area contributed by atoms with Crippen LogP contribution in [0.4, 0.5) is 4.79 Å². The van der Waals surface area contributed by atoms with Crippen LogP contribution in [0, 0.1) is 0 Å². The third-order valence-corrected chi connectivity index (χ3v) is 2.65. The Morgan fingerprint density at radius 2 is 2.17 bits per heavy atom. The van der Waals surface area contributed by atoms with Crippen molar-refractivity contribution in [3.05, 3.63) is 0 Å². The highest BCUT2D eigenvalue weighted by Gasteiger charge is 2.25. The number of nitrogens with one attached hydrogen (secondary N) is 1. The van der Waals surface area contributed by atoms with E-state index in [4.69, 9.17) is 15.6 Å². The number of urea groups is 1. The summed E-state index contributed by atoms with van der Waals surface area (Å²) in [5, 5.41) is 10.7. The smallest absolute Gasteiger partial charge is 0.318 e. The number of carboxylic acids is 1. The number of hydrogen-bond donors (Lipinski definition) is 3. The number of primary amides is 1. The molecule has 102 valence electrons. The molecule has 1 rings (SSSR count). The molecular weight excluding hydrogens is 242 g/mol. The second-order valence-corrected chi connectivity index (χ2v) is 4.02. The zero-order valence-corrected chi connectivity index (χ0v) is 9.92. The Labute approximate surface area is 104 Å². The van der Waals surface area contributed by atoms with E-state index < -0.39 is 17.9 Å². The maximum absolute atomic E-state index is 11.2. The first-order valence-corrected chi connectivity index (χ1v) is 5.62. The second-order valence-electron chi connectivity index (χ2n) is 4.02. The monoisotopic (exact) mass is 259 g/mol. The number of imide groups is 1. The average molecular weight is 259 g/mol. The summed E-state index contributed by atoms with van der Waals surface area (Å²) < 4.78 is 5.20. The number of aliphatic carboxylic acids is 1. The minimum atomic E-state index is -0.905. The summed E-state index contributed by atoms with van der Waals surface area (Å²) in [5.41, 5.74) is 4.81. The first-order chi connectivity index (χ1) is 8.49. The lowest BCUT2D eigenvalue weighted by molar-refractivity contribution is -0.140. The molecule has 18 heavy (non-hydrogen) atoms. The molecule has 1 atom stereocenters. The lowest BCUT2D eigenvalue weighted by Gasteiger charge is -2.34. The zero-order valence-electron chi connectivity index (χ0n) is 9.92. The molecule has 0 spiro atoms. The van der Waals surface area contributed by atoms with Gasteiger partial charge in [0.2, 0.25) is 5.91 Å². The molecule has 0 aromatic carbocycles. The summed E-state index contributed by atoms with van der Waals surface area (Å²) in [6, 6.07) is -1.12. The van der Waals surface area contributed by atoms with Gasteiger partial charge in [-0.1, -0.05) is 0 Å². The largest absolute Gasteiger partial charge is 0.481 e. The fourth-order valence-electron chi connectivity index (χ4n) is 1.82. The van der Waals surface area contributed by atoms with Crippen molar-refractivity contribution in [1.82, 2.24) is 10.2 Å². The van der Waals surface area contributed by atoms with E-state index in [9.17, 15) is 14.4 Å². The van der Waals surface area contributed by atoms with Crippen molar-refractivity contribution >= 4 is 17.9 Å². The Morgan fingerprint density at radius 3 is 2.78 bits per heavy atom. The van der Waals surface area contributed by atoms with Crippen molar-refractivity contribution in [3.63, 3.8) is 0 Å². The van der Waals surface area contributed by atoms with Crippen LogP contribution in [0.25, 0.3) is 0 Å². The van der Waals surface area contributed by atoms with Gasteiger partial charge in [0.05, 0.1) is 19.6 Å². The Hall–Kier alpha value is -1.67. The summed E-state index contributed by atoms with van der Waals surface area (Å²) in [6.45, 7) is 1.79. The molecule has 1 unspecified atom stereocenters. The Balaban J connectivity index is 2.39. The number of rotatable bonds is 5. The molecule has 0 saturated carbocycles. The van der Waals surface area contributed by atoms with Crippen LogP contribution in [-0.2, 0) is 14.3 Å². The fraction of sp³-hybridized carbons (Fsp3) is 0.700. The topological polar surface area (TPSA) is 122 Å². The van der Waals surface area contributed by atoms with Gasteiger partial charge >= 0.3 is 12.0 Å². The van der Waals surface area contributed by atoms with Crippen molar-refractivity contribution in [3.8, 4) is 0 Å². The summed E-state index contributed by atoms with van der Waals surface area (Å²) in [6.07, 6.45) is 0.0660. The number of hydrogen-bond acceptors (Lipinski definition) is 5. The molecule has 0 bridgehead atoms. The van der Waals surface area contributed by atoms with Gasteiger partial charge < -0.3 is 15.6 Å². The molecule has 0 radical (unpaired) electrons. The molecule has 8 heteroatoms. The van der Waals surface area contributed by atoms with Gasteiger partial charge in [-0.25, -0.2) is 4.79 Å². The molecular formula is C10H17N3O5. The van der Waals surface area contributed by atoms with E-state index in [1.165, 1.54) is 0 Å². The van der Waals surface area contributed by atoms with E-state index in [1.807, 2.05) is 10.2 Å². The van der Waals surface area contributed by atoms with E-state index in [-0.39, 0.29) is 18.9 Å². The van der Waals surface area contributed by atoms with Crippen LogP contribution in [0.3, 0.4) is 0 Å². The van der Waals surface area contributed by atoms with Gasteiger partial charge in [-0.2, -0.15) is 0 Å². The molecule has 0 aromatic rings. The summed E-state index contributed by atoms with van der Waals surface area (Å²) in [5.74, 6) is -1.37. The van der Waals surface area contributed by atoms with E-state index >= 15 is 0 Å². The Bertz CT molecular complexity index is 333. The van der Waals surface area contributed by atoms with Crippen LogP contribution in [0.15, 0.2) is 0 Å². The first kappa shape index (κ1) is 14.4. The standard InChI is InChI=1S/C10H17N3O5/c11-10(17)12-8(14)1-2-13-3-4-18-6-7(13)5-9(15)16/h7H,1-6H2,(H,15,16)(H3,11,12,14,17). The zero-order chi connectivity index (χ0) is 13.5. The first-order valence-electron chi connectivity index (χ1n) is 5.62.